The molecule has 3 rings (SSSR count). The van der Waals surface area contributed by atoms with E-state index in [-0.39, 0.29) is 0 Å². The Morgan fingerprint density at radius 2 is 1.81 bits per heavy atom. The van der Waals surface area contributed by atoms with Crippen molar-refractivity contribution in [2.24, 2.45) is 0 Å². The quantitative estimate of drug-likeness (QED) is 0.526. The van der Waals surface area contributed by atoms with Crippen molar-refractivity contribution in [3.63, 3.8) is 0 Å². The number of ether oxygens (including phenoxy) is 1. The lowest BCUT2D eigenvalue weighted by molar-refractivity contribution is 0.00694. The number of aromatic nitrogens is 5. The number of pyridine rings is 1. The van der Waals surface area contributed by atoms with Crippen LogP contribution in [0.2, 0.25) is 0 Å². The van der Waals surface area contributed by atoms with Crippen LogP contribution in [0.15, 0.2) is 43.1 Å². The van der Waals surface area contributed by atoms with Gasteiger partial charge in [0.05, 0.1) is 17.5 Å². The number of hydrogen-bond acceptors (Lipinski definition) is 7. The van der Waals surface area contributed by atoms with E-state index in [9.17, 15) is 9.59 Å². The predicted octanol–water partition coefficient (Wildman–Crippen LogP) is 2.49. The lowest BCUT2D eigenvalue weighted by Crippen LogP contribution is -2.23. The number of esters is 1. The van der Waals surface area contributed by atoms with E-state index in [1.807, 2.05) is 0 Å². The van der Waals surface area contributed by atoms with Gasteiger partial charge >= 0.3 is 5.97 Å². The van der Waals surface area contributed by atoms with Gasteiger partial charge in [0.15, 0.2) is 6.29 Å². The van der Waals surface area contributed by atoms with E-state index in [4.69, 9.17) is 4.74 Å². The molecule has 8 heteroatoms. The predicted molar refractivity (Wildman–Crippen MR) is 92.9 cm³/mol. The summed E-state index contributed by atoms with van der Waals surface area (Å²) in [5.41, 5.74) is 1.59. The summed E-state index contributed by atoms with van der Waals surface area (Å²) < 4.78 is 6.70. The molecule has 0 bridgehead atoms. The summed E-state index contributed by atoms with van der Waals surface area (Å²) in [5.74, 6) is -0.145. The summed E-state index contributed by atoms with van der Waals surface area (Å²) in [7, 11) is 0. The largest absolute Gasteiger partial charge is 0.456 e. The van der Waals surface area contributed by atoms with Gasteiger partial charge in [0.2, 0.25) is 5.95 Å². The Hall–Kier alpha value is -3.42. The summed E-state index contributed by atoms with van der Waals surface area (Å²) in [5, 5.41) is 4.10. The second kappa shape index (κ2) is 6.83. The Labute approximate surface area is 149 Å². The third-order valence-electron chi connectivity index (χ3n) is 3.28. The normalized spacial score (nSPS) is 11.2. The molecule has 3 aromatic rings. The molecule has 0 spiro atoms. The first-order valence-corrected chi connectivity index (χ1v) is 7.88. The Balaban J connectivity index is 1.78. The molecule has 3 heterocycles. The highest BCUT2D eigenvalue weighted by molar-refractivity contribution is 5.89. The average Bonchev–Trinajstić information content (AvgIpc) is 3.11. The van der Waals surface area contributed by atoms with E-state index < -0.39 is 11.6 Å². The molecule has 0 aromatic carbocycles. The standard InChI is InChI=1S/C18H17N5O3/c1-18(2,3)26-16(25)14-9-22-23(10-14)17-20-7-13(8-21-17)15-5-4-12(11-24)6-19-15/h4-11H,1-3H3. The fourth-order valence-electron chi connectivity index (χ4n) is 2.09. The van der Waals surface area contributed by atoms with Crippen LogP contribution in [-0.4, -0.2) is 42.6 Å². The summed E-state index contributed by atoms with van der Waals surface area (Å²) >= 11 is 0. The maximum atomic E-state index is 12.0. The Morgan fingerprint density at radius 3 is 2.38 bits per heavy atom. The average molecular weight is 351 g/mol. The van der Waals surface area contributed by atoms with Gasteiger partial charge in [0, 0.05) is 35.9 Å². The smallest absolute Gasteiger partial charge is 0.341 e. The highest BCUT2D eigenvalue weighted by Gasteiger charge is 2.19. The van der Waals surface area contributed by atoms with Crippen molar-refractivity contribution in [2.75, 3.05) is 0 Å². The summed E-state index contributed by atoms with van der Waals surface area (Å²) in [4.78, 5) is 35.4. The highest BCUT2D eigenvalue weighted by Crippen LogP contribution is 2.16. The van der Waals surface area contributed by atoms with Crippen molar-refractivity contribution in [1.82, 2.24) is 24.7 Å². The van der Waals surface area contributed by atoms with Crippen molar-refractivity contribution < 1.29 is 14.3 Å². The van der Waals surface area contributed by atoms with Gasteiger partial charge in [0.25, 0.3) is 0 Å². The molecule has 0 aliphatic rings. The first kappa shape index (κ1) is 17.4. The van der Waals surface area contributed by atoms with E-state index in [0.29, 0.717) is 28.3 Å². The molecular weight excluding hydrogens is 334 g/mol. The molecule has 0 unspecified atom stereocenters. The number of rotatable bonds is 4. The van der Waals surface area contributed by atoms with Crippen molar-refractivity contribution in [3.8, 4) is 17.2 Å². The Kier molecular flexibility index (Phi) is 4.57. The van der Waals surface area contributed by atoms with E-state index in [1.54, 1.807) is 45.3 Å². The zero-order valence-corrected chi connectivity index (χ0v) is 14.6. The van der Waals surface area contributed by atoms with Crippen LogP contribution in [0.5, 0.6) is 0 Å². The first-order valence-electron chi connectivity index (χ1n) is 7.88. The van der Waals surface area contributed by atoms with Gasteiger partial charge in [-0.05, 0) is 32.9 Å². The zero-order chi connectivity index (χ0) is 18.7. The molecule has 8 nitrogen and oxygen atoms in total. The zero-order valence-electron chi connectivity index (χ0n) is 14.6. The number of nitrogens with zero attached hydrogens (tertiary/aromatic N) is 5. The van der Waals surface area contributed by atoms with Gasteiger partial charge in [-0.25, -0.2) is 19.4 Å². The van der Waals surface area contributed by atoms with Crippen LogP contribution in [0, 0.1) is 0 Å². The third kappa shape index (κ3) is 3.97. The van der Waals surface area contributed by atoms with Crippen molar-refractivity contribution in [3.05, 3.63) is 54.2 Å². The first-order chi connectivity index (χ1) is 12.4. The molecule has 0 amide bonds. The molecule has 0 radical (unpaired) electrons. The minimum atomic E-state index is -0.580. The molecular formula is C18H17N5O3. The van der Waals surface area contributed by atoms with E-state index in [0.717, 1.165) is 6.29 Å². The van der Waals surface area contributed by atoms with E-state index in [2.05, 4.69) is 20.1 Å². The number of hydrogen-bond donors (Lipinski definition) is 0. The minimum Gasteiger partial charge on any atom is -0.456 e. The van der Waals surface area contributed by atoms with Crippen LogP contribution in [0.3, 0.4) is 0 Å². The van der Waals surface area contributed by atoms with Gasteiger partial charge < -0.3 is 4.74 Å². The molecule has 0 atom stereocenters. The molecule has 3 aromatic heterocycles. The molecule has 0 saturated heterocycles. The number of carbonyl (C=O) groups is 2. The fraction of sp³-hybridized carbons (Fsp3) is 0.222. The van der Waals surface area contributed by atoms with Gasteiger partial charge in [-0.15, -0.1) is 0 Å². The third-order valence-corrected chi connectivity index (χ3v) is 3.28. The Bertz CT molecular complexity index is 925. The van der Waals surface area contributed by atoms with Gasteiger partial charge in [0.1, 0.15) is 5.60 Å². The van der Waals surface area contributed by atoms with Gasteiger partial charge in [-0.1, -0.05) is 0 Å². The van der Waals surface area contributed by atoms with E-state index in [1.165, 1.54) is 23.3 Å². The van der Waals surface area contributed by atoms with Gasteiger partial charge in [-0.3, -0.25) is 9.78 Å². The fourth-order valence-corrected chi connectivity index (χ4v) is 2.09. The second-order valence-corrected chi connectivity index (χ2v) is 6.54. The van der Waals surface area contributed by atoms with Crippen LogP contribution in [0.1, 0.15) is 41.5 Å². The summed E-state index contributed by atoms with van der Waals surface area (Å²) in [6.07, 6.45) is 8.33. The number of carbonyl (C=O) groups excluding carboxylic acids is 2. The monoisotopic (exact) mass is 351 g/mol. The highest BCUT2D eigenvalue weighted by atomic mass is 16.6. The molecule has 0 N–H and O–H groups in total. The molecule has 26 heavy (non-hydrogen) atoms. The SMILES string of the molecule is CC(C)(C)OC(=O)c1cnn(-c2ncc(-c3ccc(C=O)cn3)cn2)c1. The van der Waals surface area contributed by atoms with Crippen molar-refractivity contribution in [2.45, 2.75) is 26.4 Å². The van der Waals surface area contributed by atoms with E-state index >= 15 is 0 Å². The minimum absolute atomic E-state index is 0.313. The topological polar surface area (TPSA) is 99.9 Å². The molecule has 0 aliphatic heterocycles. The van der Waals surface area contributed by atoms with Crippen LogP contribution < -0.4 is 0 Å². The molecule has 0 saturated carbocycles. The Morgan fingerprint density at radius 1 is 1.08 bits per heavy atom. The molecule has 0 fully saturated rings. The van der Waals surface area contributed by atoms with Crippen molar-refractivity contribution >= 4 is 12.3 Å². The summed E-state index contributed by atoms with van der Waals surface area (Å²) in [6, 6.07) is 3.39. The number of aldehydes is 1. The second-order valence-electron chi connectivity index (χ2n) is 6.54. The lowest BCUT2D eigenvalue weighted by Gasteiger charge is -2.18. The lowest BCUT2D eigenvalue weighted by atomic mass is 10.2. The van der Waals surface area contributed by atoms with Crippen LogP contribution >= 0.6 is 0 Å². The van der Waals surface area contributed by atoms with Gasteiger partial charge in [-0.2, -0.15) is 5.10 Å². The maximum absolute atomic E-state index is 12.0. The maximum Gasteiger partial charge on any atom is 0.341 e. The summed E-state index contributed by atoms with van der Waals surface area (Å²) in [6.45, 7) is 5.40. The van der Waals surface area contributed by atoms with Crippen LogP contribution in [-0.2, 0) is 4.74 Å². The van der Waals surface area contributed by atoms with Crippen LogP contribution in [0.25, 0.3) is 17.2 Å². The molecule has 132 valence electrons. The molecule has 0 aliphatic carbocycles. The van der Waals surface area contributed by atoms with Crippen LogP contribution in [0.4, 0.5) is 0 Å². The van der Waals surface area contributed by atoms with Crippen molar-refractivity contribution in [1.29, 1.82) is 0 Å².